The fourth-order valence-corrected chi connectivity index (χ4v) is 1.58. The van der Waals surface area contributed by atoms with Gasteiger partial charge < -0.3 is 16.0 Å². The minimum atomic E-state index is -0.438. The first kappa shape index (κ1) is 11.8. The fourth-order valence-electron chi connectivity index (χ4n) is 1.36. The van der Waals surface area contributed by atoms with E-state index in [1.54, 1.807) is 18.2 Å². The topological polar surface area (TPSA) is 64.6 Å². The Morgan fingerprint density at radius 1 is 1.29 bits per heavy atom. The van der Waals surface area contributed by atoms with E-state index in [1.165, 1.54) is 18.3 Å². The standard InChI is InChI=1S/C11H9ClFN3O/c12-7-3-8(13)5-10(4-7)15-11-6-9(16-17)1-2-14-11/h1-6H,16H2,(H,14,15). The molecule has 0 bridgehead atoms. The van der Waals surface area contributed by atoms with Gasteiger partial charge in [-0.05, 0) is 18.2 Å². The highest BCUT2D eigenvalue weighted by Gasteiger charge is 2.02. The van der Waals surface area contributed by atoms with Gasteiger partial charge >= 0.3 is 0 Å². The molecular weight excluding hydrogens is 245 g/mol. The van der Waals surface area contributed by atoms with E-state index < -0.39 is 5.82 Å². The van der Waals surface area contributed by atoms with Crippen molar-refractivity contribution in [3.05, 3.63) is 52.6 Å². The second-order valence-electron chi connectivity index (χ2n) is 3.38. The average molecular weight is 254 g/mol. The number of benzene rings is 1. The zero-order valence-corrected chi connectivity index (χ0v) is 9.41. The Bertz CT molecular complexity index is 516. The number of nitrogens with two attached hydrogens (primary N) is 1. The number of hydrogen-bond donors (Lipinski definition) is 2. The van der Waals surface area contributed by atoms with Gasteiger partial charge in [-0.15, -0.1) is 0 Å². The van der Waals surface area contributed by atoms with Crippen molar-refractivity contribution in [2.75, 3.05) is 5.32 Å². The summed E-state index contributed by atoms with van der Waals surface area (Å²) in [5.74, 6) is 0.0165. The Morgan fingerprint density at radius 2 is 2.12 bits per heavy atom. The number of aromatic nitrogens is 1. The van der Waals surface area contributed by atoms with Crippen molar-refractivity contribution in [2.24, 2.45) is 0 Å². The molecule has 0 amide bonds. The number of anilines is 2. The van der Waals surface area contributed by atoms with E-state index >= 15 is 0 Å². The number of halogens is 2. The first-order chi connectivity index (χ1) is 8.17. The zero-order valence-electron chi connectivity index (χ0n) is 8.65. The maximum Gasteiger partial charge on any atom is 0.136 e. The van der Waals surface area contributed by atoms with Crippen molar-refractivity contribution >= 4 is 28.8 Å². The number of rotatable bonds is 3. The Kier molecular flexibility index (Phi) is 3.53. The van der Waals surface area contributed by atoms with Crippen molar-refractivity contribution in [3.63, 3.8) is 0 Å². The van der Waals surface area contributed by atoms with Gasteiger partial charge in [0.25, 0.3) is 0 Å². The first-order valence-corrected chi connectivity index (χ1v) is 5.19. The summed E-state index contributed by atoms with van der Waals surface area (Å²) in [6.07, 6.45) is 1.49. The lowest BCUT2D eigenvalue weighted by Gasteiger charge is -2.07. The van der Waals surface area contributed by atoms with Crippen LogP contribution in [0.15, 0.2) is 36.5 Å². The van der Waals surface area contributed by atoms with Crippen LogP contribution in [0.3, 0.4) is 0 Å². The molecule has 1 aromatic carbocycles. The molecule has 3 N–H and O–H groups in total. The Morgan fingerprint density at radius 3 is 2.82 bits per heavy atom. The molecule has 6 heteroatoms. The Balaban J connectivity index is 2.24. The number of nitrogens with zero attached hydrogens (tertiary/aromatic N) is 1. The van der Waals surface area contributed by atoms with Crippen LogP contribution in [0.2, 0.25) is 5.02 Å². The lowest BCUT2D eigenvalue weighted by molar-refractivity contribution is -0.497. The molecule has 0 spiro atoms. The van der Waals surface area contributed by atoms with Crippen LogP contribution in [0.5, 0.6) is 0 Å². The van der Waals surface area contributed by atoms with Crippen LogP contribution in [0, 0.1) is 11.0 Å². The number of hydrogen-bond acceptors (Lipinski definition) is 3. The molecule has 0 saturated heterocycles. The van der Waals surface area contributed by atoms with Crippen LogP contribution < -0.4 is 10.8 Å². The van der Waals surface area contributed by atoms with Crippen LogP contribution in [-0.2, 0) is 0 Å². The fraction of sp³-hybridized carbons (Fsp3) is 0. The predicted molar refractivity (Wildman–Crippen MR) is 63.9 cm³/mol. The summed E-state index contributed by atoms with van der Waals surface area (Å²) < 4.78 is 13.1. The van der Waals surface area contributed by atoms with E-state index in [0.717, 1.165) is 0 Å². The highest BCUT2D eigenvalue weighted by Crippen LogP contribution is 2.21. The third-order valence-corrected chi connectivity index (χ3v) is 2.27. The molecular formula is C11H9ClFN3O. The van der Waals surface area contributed by atoms with Crippen LogP contribution in [0.1, 0.15) is 0 Å². The summed E-state index contributed by atoms with van der Waals surface area (Å²) in [6.45, 7) is 0. The SMILES string of the molecule is [O-][NH2+]c1ccnc(Nc2cc(F)cc(Cl)c2)c1. The monoisotopic (exact) mass is 253 g/mol. The molecule has 2 rings (SSSR count). The van der Waals surface area contributed by atoms with Crippen molar-refractivity contribution in [1.82, 2.24) is 4.98 Å². The number of quaternary nitrogens is 1. The molecule has 17 heavy (non-hydrogen) atoms. The third-order valence-electron chi connectivity index (χ3n) is 2.06. The van der Waals surface area contributed by atoms with Crippen LogP contribution in [-0.4, -0.2) is 4.98 Å². The minimum Gasteiger partial charge on any atom is -0.630 e. The van der Waals surface area contributed by atoms with E-state index in [2.05, 4.69) is 10.3 Å². The molecule has 4 nitrogen and oxygen atoms in total. The summed E-state index contributed by atoms with van der Waals surface area (Å²) in [7, 11) is 0. The molecule has 0 unspecified atom stereocenters. The maximum atomic E-state index is 13.1. The molecule has 0 saturated carbocycles. The Labute approximate surface area is 102 Å². The molecule has 0 atom stereocenters. The van der Waals surface area contributed by atoms with Crippen molar-refractivity contribution in [1.29, 1.82) is 0 Å². The number of nitrogens with one attached hydrogen (secondary N) is 1. The van der Waals surface area contributed by atoms with Gasteiger partial charge in [0.1, 0.15) is 17.3 Å². The van der Waals surface area contributed by atoms with Crippen LogP contribution in [0.4, 0.5) is 21.6 Å². The van der Waals surface area contributed by atoms with Crippen LogP contribution in [0.25, 0.3) is 0 Å². The minimum absolute atomic E-state index is 0.291. The van der Waals surface area contributed by atoms with E-state index in [9.17, 15) is 9.60 Å². The van der Waals surface area contributed by atoms with Gasteiger partial charge in [0.05, 0.1) is 0 Å². The number of pyridine rings is 1. The van der Waals surface area contributed by atoms with Gasteiger partial charge in [0.2, 0.25) is 0 Å². The summed E-state index contributed by atoms with van der Waals surface area (Å²) in [6, 6.07) is 7.21. The molecule has 0 aliphatic carbocycles. The van der Waals surface area contributed by atoms with Gasteiger partial charge in [-0.3, -0.25) is 0 Å². The molecule has 2 aromatic rings. The highest BCUT2D eigenvalue weighted by atomic mass is 35.5. The van der Waals surface area contributed by atoms with E-state index in [0.29, 0.717) is 27.7 Å². The van der Waals surface area contributed by atoms with E-state index in [1.807, 2.05) is 0 Å². The highest BCUT2D eigenvalue weighted by molar-refractivity contribution is 6.30. The smallest absolute Gasteiger partial charge is 0.136 e. The maximum absolute atomic E-state index is 13.1. The molecule has 1 aromatic heterocycles. The van der Waals surface area contributed by atoms with Gasteiger partial charge in [-0.2, -0.15) is 0 Å². The molecule has 1 heterocycles. The second-order valence-corrected chi connectivity index (χ2v) is 3.81. The van der Waals surface area contributed by atoms with E-state index in [-0.39, 0.29) is 0 Å². The molecule has 0 radical (unpaired) electrons. The van der Waals surface area contributed by atoms with Gasteiger partial charge in [0, 0.05) is 29.0 Å². The lowest BCUT2D eigenvalue weighted by Crippen LogP contribution is -2.70. The average Bonchev–Trinajstić information content (AvgIpc) is 2.28. The molecule has 0 fully saturated rings. The third kappa shape index (κ3) is 3.13. The lowest BCUT2D eigenvalue weighted by atomic mass is 10.3. The van der Waals surface area contributed by atoms with Gasteiger partial charge in [0.15, 0.2) is 0 Å². The summed E-state index contributed by atoms with van der Waals surface area (Å²) >= 11 is 5.72. The van der Waals surface area contributed by atoms with Gasteiger partial charge in [-0.1, -0.05) is 11.6 Å². The molecule has 0 aliphatic rings. The van der Waals surface area contributed by atoms with Crippen molar-refractivity contribution < 1.29 is 9.87 Å². The quantitative estimate of drug-likeness (QED) is 0.825. The summed E-state index contributed by atoms with van der Waals surface area (Å²) in [5, 5.41) is 13.7. The summed E-state index contributed by atoms with van der Waals surface area (Å²) in [4.78, 5) is 4.01. The van der Waals surface area contributed by atoms with Crippen LogP contribution >= 0.6 is 11.6 Å². The largest absolute Gasteiger partial charge is 0.630 e. The predicted octanol–water partition coefficient (Wildman–Crippen LogP) is 2.31. The Hall–Kier alpha value is -1.69. The van der Waals surface area contributed by atoms with E-state index in [4.69, 9.17) is 11.6 Å². The van der Waals surface area contributed by atoms with Crippen molar-refractivity contribution in [3.8, 4) is 0 Å². The first-order valence-electron chi connectivity index (χ1n) is 4.82. The van der Waals surface area contributed by atoms with Crippen molar-refractivity contribution in [2.45, 2.75) is 0 Å². The normalized spacial score (nSPS) is 10.3. The molecule has 0 aliphatic heterocycles. The van der Waals surface area contributed by atoms with Gasteiger partial charge in [-0.25, -0.2) is 9.37 Å². The second kappa shape index (κ2) is 5.09. The molecule has 88 valence electrons. The zero-order chi connectivity index (χ0) is 12.3. The summed E-state index contributed by atoms with van der Waals surface area (Å²) in [5.41, 5.74) is 1.68.